The number of carbonyl (C=O) groups excluding carboxylic acids is 1. The highest BCUT2D eigenvalue weighted by Crippen LogP contribution is 2.20. The van der Waals surface area contributed by atoms with Gasteiger partial charge in [0.15, 0.2) is 9.84 Å². The quantitative estimate of drug-likeness (QED) is 0.851. The van der Waals surface area contributed by atoms with Crippen LogP contribution in [0.5, 0.6) is 0 Å². The highest BCUT2D eigenvalue weighted by molar-refractivity contribution is 7.91. The molecular formula is C15H17N3O3S. The van der Waals surface area contributed by atoms with Crippen LogP contribution < -0.4 is 0 Å². The van der Waals surface area contributed by atoms with Crippen molar-refractivity contribution in [2.45, 2.75) is 19.4 Å². The molecule has 1 aliphatic rings. The van der Waals surface area contributed by atoms with Gasteiger partial charge < -0.3 is 4.90 Å². The second-order valence-electron chi connectivity index (χ2n) is 5.39. The molecule has 1 amide bonds. The molecule has 0 saturated carbocycles. The molecule has 3 rings (SSSR count). The molecule has 1 aromatic carbocycles. The van der Waals surface area contributed by atoms with Crippen LogP contribution >= 0.6 is 0 Å². The van der Waals surface area contributed by atoms with Gasteiger partial charge in [0.25, 0.3) is 5.91 Å². The van der Waals surface area contributed by atoms with E-state index in [1.54, 1.807) is 11.0 Å². The van der Waals surface area contributed by atoms with Crippen LogP contribution in [-0.4, -0.2) is 53.3 Å². The van der Waals surface area contributed by atoms with Crippen LogP contribution in [0.1, 0.15) is 23.8 Å². The lowest BCUT2D eigenvalue weighted by atomic mass is 10.2. The van der Waals surface area contributed by atoms with E-state index in [4.69, 9.17) is 0 Å². The number of hydrogen-bond donors (Lipinski definition) is 0. The van der Waals surface area contributed by atoms with Gasteiger partial charge in [0.2, 0.25) is 0 Å². The Bertz CT molecular complexity index is 820. The third-order valence-electron chi connectivity index (χ3n) is 3.92. The molecule has 0 spiro atoms. The van der Waals surface area contributed by atoms with Crippen LogP contribution in [-0.2, 0) is 9.84 Å². The Kier molecular flexibility index (Phi) is 3.82. The van der Waals surface area contributed by atoms with E-state index in [0.29, 0.717) is 18.5 Å². The smallest absolute Gasteiger partial charge is 0.274 e. The Morgan fingerprint density at radius 3 is 2.68 bits per heavy atom. The number of rotatable bonds is 3. The molecule has 1 aromatic heterocycles. The molecule has 2 heterocycles. The van der Waals surface area contributed by atoms with Gasteiger partial charge >= 0.3 is 0 Å². The largest absolute Gasteiger partial charge is 0.334 e. The lowest BCUT2D eigenvalue weighted by molar-refractivity contribution is 0.0702. The number of aromatic nitrogens is 2. The Labute approximate surface area is 129 Å². The van der Waals surface area contributed by atoms with Crippen molar-refractivity contribution in [2.24, 2.45) is 0 Å². The van der Waals surface area contributed by atoms with Gasteiger partial charge in [-0.3, -0.25) is 9.78 Å². The van der Waals surface area contributed by atoms with E-state index in [-0.39, 0.29) is 29.1 Å². The number of fused-ring (bicyclic) bond motifs is 1. The van der Waals surface area contributed by atoms with Crippen LogP contribution in [0.4, 0.5) is 0 Å². The van der Waals surface area contributed by atoms with Crippen LogP contribution in [0.2, 0.25) is 0 Å². The molecule has 0 N–H and O–H groups in total. The number of benzene rings is 1. The number of para-hydroxylation sites is 2. The van der Waals surface area contributed by atoms with E-state index in [2.05, 4.69) is 9.97 Å². The fraction of sp³-hybridized carbons (Fsp3) is 0.400. The number of amides is 1. The first-order valence-electron chi connectivity index (χ1n) is 7.23. The van der Waals surface area contributed by atoms with Crippen molar-refractivity contribution in [3.8, 4) is 0 Å². The molecule has 0 bridgehead atoms. The average molecular weight is 319 g/mol. The summed E-state index contributed by atoms with van der Waals surface area (Å²) in [6.45, 7) is 2.30. The van der Waals surface area contributed by atoms with Crippen molar-refractivity contribution < 1.29 is 13.2 Å². The van der Waals surface area contributed by atoms with Gasteiger partial charge in [0.05, 0.1) is 28.7 Å². The van der Waals surface area contributed by atoms with E-state index in [9.17, 15) is 13.2 Å². The Morgan fingerprint density at radius 1 is 1.32 bits per heavy atom. The van der Waals surface area contributed by atoms with Crippen molar-refractivity contribution in [1.82, 2.24) is 14.9 Å². The van der Waals surface area contributed by atoms with Gasteiger partial charge in [-0.1, -0.05) is 12.1 Å². The summed E-state index contributed by atoms with van der Waals surface area (Å²) in [5.41, 5.74) is 1.64. The minimum Gasteiger partial charge on any atom is -0.334 e. The van der Waals surface area contributed by atoms with Gasteiger partial charge in [0.1, 0.15) is 5.69 Å². The molecule has 0 aliphatic carbocycles. The molecule has 1 fully saturated rings. The van der Waals surface area contributed by atoms with Crippen molar-refractivity contribution >= 4 is 26.8 Å². The fourth-order valence-corrected chi connectivity index (χ4v) is 4.53. The molecule has 116 valence electrons. The Morgan fingerprint density at radius 2 is 2.05 bits per heavy atom. The highest BCUT2D eigenvalue weighted by Gasteiger charge is 2.34. The molecular weight excluding hydrogens is 302 g/mol. The van der Waals surface area contributed by atoms with Crippen LogP contribution in [0.25, 0.3) is 11.0 Å². The Balaban J connectivity index is 1.89. The summed E-state index contributed by atoms with van der Waals surface area (Å²) in [6.07, 6.45) is 1.94. The molecule has 0 radical (unpaired) electrons. The second kappa shape index (κ2) is 5.64. The van der Waals surface area contributed by atoms with Crippen LogP contribution in [0.15, 0.2) is 30.5 Å². The first-order chi connectivity index (χ1) is 10.5. The van der Waals surface area contributed by atoms with E-state index in [1.807, 2.05) is 25.1 Å². The normalized spacial score (nSPS) is 20.1. The summed E-state index contributed by atoms with van der Waals surface area (Å²) < 4.78 is 23.3. The van der Waals surface area contributed by atoms with Crippen molar-refractivity contribution in [2.75, 3.05) is 18.1 Å². The highest BCUT2D eigenvalue weighted by atomic mass is 32.2. The van der Waals surface area contributed by atoms with Crippen molar-refractivity contribution in [3.05, 3.63) is 36.2 Å². The first kappa shape index (κ1) is 14.9. The minimum absolute atomic E-state index is 0.0353. The maximum Gasteiger partial charge on any atom is 0.274 e. The standard InChI is InChI=1S/C15H17N3O3S/c1-2-18(11-7-8-22(20,21)10-11)15(19)14-9-16-12-5-3-4-6-13(12)17-14/h3-6,9,11H,2,7-8,10H2,1H3/t11-/m0/s1. The first-order valence-corrected chi connectivity index (χ1v) is 9.05. The van der Waals surface area contributed by atoms with E-state index in [1.165, 1.54) is 6.20 Å². The maximum atomic E-state index is 12.6. The zero-order valence-corrected chi connectivity index (χ0v) is 13.1. The molecule has 1 atom stereocenters. The van der Waals surface area contributed by atoms with E-state index < -0.39 is 9.84 Å². The van der Waals surface area contributed by atoms with Gasteiger partial charge in [-0.25, -0.2) is 13.4 Å². The van der Waals surface area contributed by atoms with Crippen LogP contribution in [0.3, 0.4) is 0 Å². The van der Waals surface area contributed by atoms with Crippen molar-refractivity contribution in [1.29, 1.82) is 0 Å². The topological polar surface area (TPSA) is 80.2 Å². The lowest BCUT2D eigenvalue weighted by Gasteiger charge is -2.26. The SMILES string of the molecule is CCN(C(=O)c1cnc2ccccc2n1)[C@H]1CCS(=O)(=O)C1. The number of nitrogens with zero attached hydrogens (tertiary/aromatic N) is 3. The van der Waals surface area contributed by atoms with Crippen LogP contribution in [0, 0.1) is 0 Å². The predicted molar refractivity (Wildman–Crippen MR) is 83.3 cm³/mol. The molecule has 6 nitrogen and oxygen atoms in total. The third-order valence-corrected chi connectivity index (χ3v) is 5.67. The molecule has 0 unspecified atom stereocenters. The fourth-order valence-electron chi connectivity index (χ4n) is 2.80. The summed E-state index contributed by atoms with van der Waals surface area (Å²) in [5, 5.41) is 0. The summed E-state index contributed by atoms with van der Waals surface area (Å²) >= 11 is 0. The zero-order chi connectivity index (χ0) is 15.7. The zero-order valence-electron chi connectivity index (χ0n) is 12.3. The third kappa shape index (κ3) is 2.81. The van der Waals surface area contributed by atoms with E-state index in [0.717, 1.165) is 5.52 Å². The predicted octanol–water partition coefficient (Wildman–Crippen LogP) is 1.28. The number of hydrogen-bond acceptors (Lipinski definition) is 5. The van der Waals surface area contributed by atoms with Gasteiger partial charge in [-0.2, -0.15) is 0 Å². The monoisotopic (exact) mass is 319 g/mol. The summed E-state index contributed by atoms with van der Waals surface area (Å²) in [6, 6.07) is 7.07. The van der Waals surface area contributed by atoms with E-state index >= 15 is 0 Å². The van der Waals surface area contributed by atoms with Gasteiger partial charge in [-0.05, 0) is 25.5 Å². The molecule has 2 aromatic rings. The second-order valence-corrected chi connectivity index (χ2v) is 7.62. The lowest BCUT2D eigenvalue weighted by Crippen LogP contribution is -2.41. The average Bonchev–Trinajstić information content (AvgIpc) is 2.87. The molecule has 1 saturated heterocycles. The molecule has 7 heteroatoms. The van der Waals surface area contributed by atoms with Crippen molar-refractivity contribution in [3.63, 3.8) is 0 Å². The number of carbonyl (C=O) groups is 1. The maximum absolute atomic E-state index is 12.6. The summed E-state index contributed by atoms with van der Waals surface area (Å²) in [7, 11) is -3.03. The molecule has 1 aliphatic heterocycles. The number of sulfone groups is 1. The van der Waals surface area contributed by atoms with Gasteiger partial charge in [0, 0.05) is 12.6 Å². The summed E-state index contributed by atoms with van der Waals surface area (Å²) in [5.74, 6) is -0.0822. The minimum atomic E-state index is -3.03. The van der Waals surface area contributed by atoms with Gasteiger partial charge in [-0.15, -0.1) is 0 Å². The molecule has 22 heavy (non-hydrogen) atoms. The Hall–Kier alpha value is -2.02. The summed E-state index contributed by atoms with van der Waals surface area (Å²) in [4.78, 5) is 22.8.